The second-order valence-corrected chi connectivity index (χ2v) is 9.39. The molecule has 0 saturated carbocycles. The molecule has 2 amide bonds. The second-order valence-electron chi connectivity index (χ2n) is 9.39. The molecule has 0 radical (unpaired) electrons. The normalized spacial score (nSPS) is 15.2. The van der Waals surface area contributed by atoms with Crippen LogP contribution >= 0.6 is 0 Å². The molecule has 1 aliphatic heterocycles. The number of benzene rings is 3. The monoisotopic (exact) mass is 501 g/mol. The predicted molar refractivity (Wildman–Crippen MR) is 144 cm³/mol. The lowest BCUT2D eigenvalue weighted by Gasteiger charge is -2.36. The van der Waals surface area contributed by atoms with Crippen molar-refractivity contribution in [1.82, 2.24) is 15.1 Å². The summed E-state index contributed by atoms with van der Waals surface area (Å²) in [5, 5.41) is 3.42. The van der Waals surface area contributed by atoms with Crippen LogP contribution in [-0.2, 0) is 22.4 Å². The van der Waals surface area contributed by atoms with Gasteiger partial charge in [0.25, 0.3) is 5.91 Å². The molecule has 1 atom stereocenters. The third-order valence-electron chi connectivity index (χ3n) is 6.48. The van der Waals surface area contributed by atoms with Crippen molar-refractivity contribution in [3.63, 3.8) is 0 Å². The second kappa shape index (κ2) is 12.9. The number of aryl methyl sites for hydroxylation is 1. The molecule has 1 unspecified atom stereocenters. The van der Waals surface area contributed by atoms with E-state index >= 15 is 0 Å². The van der Waals surface area contributed by atoms with Crippen molar-refractivity contribution in [2.45, 2.75) is 25.3 Å². The number of piperazine rings is 1. The van der Waals surface area contributed by atoms with Crippen LogP contribution in [0.2, 0.25) is 0 Å². The Balaban J connectivity index is 1.34. The van der Waals surface area contributed by atoms with E-state index in [4.69, 9.17) is 9.47 Å². The van der Waals surface area contributed by atoms with E-state index in [1.165, 1.54) is 4.90 Å². The quantitative estimate of drug-likeness (QED) is 0.456. The number of amides is 2. The zero-order valence-corrected chi connectivity index (χ0v) is 21.6. The van der Waals surface area contributed by atoms with E-state index in [2.05, 4.69) is 5.32 Å². The third kappa shape index (κ3) is 7.57. The van der Waals surface area contributed by atoms with Gasteiger partial charge < -0.3 is 24.6 Å². The SMILES string of the molecule is CN(C)C(=O)COc1ccc(CC2CNCCN2C(=O)CCc2ccccc2Oc2ccccc2)cc1. The number of likely N-dealkylation sites (N-methyl/N-ethyl adjacent to an activating group) is 1. The molecule has 37 heavy (non-hydrogen) atoms. The average molecular weight is 502 g/mol. The summed E-state index contributed by atoms with van der Waals surface area (Å²) in [6, 6.07) is 25.4. The molecule has 0 aliphatic carbocycles. The molecule has 0 bridgehead atoms. The van der Waals surface area contributed by atoms with Crippen molar-refractivity contribution in [2.24, 2.45) is 0 Å². The Morgan fingerprint density at radius 2 is 1.68 bits per heavy atom. The molecule has 7 nitrogen and oxygen atoms in total. The minimum Gasteiger partial charge on any atom is -0.484 e. The van der Waals surface area contributed by atoms with Gasteiger partial charge in [0.05, 0.1) is 0 Å². The lowest BCUT2D eigenvalue weighted by molar-refractivity contribution is -0.134. The van der Waals surface area contributed by atoms with Crippen LogP contribution in [0.15, 0.2) is 78.9 Å². The van der Waals surface area contributed by atoms with E-state index in [-0.39, 0.29) is 24.5 Å². The summed E-state index contributed by atoms with van der Waals surface area (Å²) in [6.45, 7) is 2.26. The van der Waals surface area contributed by atoms with Crippen molar-refractivity contribution in [2.75, 3.05) is 40.3 Å². The zero-order valence-electron chi connectivity index (χ0n) is 21.6. The Labute approximate surface area is 219 Å². The number of hydrogen-bond acceptors (Lipinski definition) is 5. The Kier molecular flexibility index (Phi) is 9.16. The first-order chi connectivity index (χ1) is 18.0. The zero-order chi connectivity index (χ0) is 26.0. The van der Waals surface area contributed by atoms with Crippen molar-refractivity contribution >= 4 is 11.8 Å². The van der Waals surface area contributed by atoms with E-state index in [9.17, 15) is 9.59 Å². The predicted octanol–water partition coefficient (Wildman–Crippen LogP) is 3.92. The molecule has 7 heteroatoms. The van der Waals surface area contributed by atoms with Crippen molar-refractivity contribution < 1.29 is 19.1 Å². The largest absolute Gasteiger partial charge is 0.484 e. The van der Waals surface area contributed by atoms with Crippen LogP contribution in [0.25, 0.3) is 0 Å². The molecule has 0 aromatic heterocycles. The van der Waals surface area contributed by atoms with E-state index in [1.54, 1.807) is 14.1 Å². The maximum Gasteiger partial charge on any atom is 0.259 e. The lowest BCUT2D eigenvalue weighted by atomic mass is 10.0. The summed E-state index contributed by atoms with van der Waals surface area (Å²) >= 11 is 0. The molecule has 1 saturated heterocycles. The van der Waals surface area contributed by atoms with Gasteiger partial charge >= 0.3 is 0 Å². The topological polar surface area (TPSA) is 71.1 Å². The van der Waals surface area contributed by atoms with Gasteiger partial charge in [-0.2, -0.15) is 0 Å². The Hall–Kier alpha value is -3.84. The van der Waals surface area contributed by atoms with Gasteiger partial charge in [-0.25, -0.2) is 0 Å². The van der Waals surface area contributed by atoms with Gasteiger partial charge in [0.15, 0.2) is 6.61 Å². The highest BCUT2D eigenvalue weighted by atomic mass is 16.5. The molecule has 3 aromatic rings. The van der Waals surface area contributed by atoms with Crippen molar-refractivity contribution in [3.8, 4) is 17.2 Å². The number of ether oxygens (including phenoxy) is 2. The maximum atomic E-state index is 13.3. The number of para-hydroxylation sites is 2. The number of carbonyl (C=O) groups is 2. The maximum absolute atomic E-state index is 13.3. The molecular weight excluding hydrogens is 466 g/mol. The first kappa shape index (κ1) is 26.2. The Morgan fingerprint density at radius 3 is 2.43 bits per heavy atom. The van der Waals surface area contributed by atoms with Crippen molar-refractivity contribution in [1.29, 1.82) is 0 Å². The first-order valence-electron chi connectivity index (χ1n) is 12.7. The van der Waals surface area contributed by atoms with Gasteiger partial charge in [-0.3, -0.25) is 9.59 Å². The number of rotatable bonds is 10. The molecule has 0 spiro atoms. The molecule has 1 N–H and O–H groups in total. The van der Waals surface area contributed by atoms with Gasteiger partial charge in [-0.05, 0) is 54.3 Å². The van der Waals surface area contributed by atoms with Gasteiger partial charge in [0.1, 0.15) is 17.2 Å². The number of hydrogen-bond donors (Lipinski definition) is 1. The smallest absolute Gasteiger partial charge is 0.259 e. The van der Waals surface area contributed by atoms with Gasteiger partial charge in [-0.15, -0.1) is 0 Å². The molecule has 1 heterocycles. The summed E-state index contributed by atoms with van der Waals surface area (Å²) in [7, 11) is 3.41. The summed E-state index contributed by atoms with van der Waals surface area (Å²) in [5.41, 5.74) is 2.15. The Morgan fingerprint density at radius 1 is 0.946 bits per heavy atom. The number of nitrogens with one attached hydrogen (secondary N) is 1. The molecule has 194 valence electrons. The fourth-order valence-electron chi connectivity index (χ4n) is 4.35. The van der Waals surface area contributed by atoms with Gasteiger partial charge in [0, 0.05) is 46.2 Å². The van der Waals surface area contributed by atoms with E-state index in [1.807, 2.05) is 83.8 Å². The minimum absolute atomic E-state index is 0.0146. The highest BCUT2D eigenvalue weighted by molar-refractivity contribution is 5.77. The average Bonchev–Trinajstić information content (AvgIpc) is 2.92. The highest BCUT2D eigenvalue weighted by Gasteiger charge is 2.26. The summed E-state index contributed by atoms with van der Waals surface area (Å²) in [4.78, 5) is 28.6. The van der Waals surface area contributed by atoms with Crippen LogP contribution in [0.3, 0.4) is 0 Å². The van der Waals surface area contributed by atoms with Crippen LogP contribution < -0.4 is 14.8 Å². The molecular formula is C30H35N3O4. The Bertz CT molecular complexity index is 1160. The molecule has 1 fully saturated rings. The van der Waals surface area contributed by atoms with E-state index in [0.29, 0.717) is 25.1 Å². The number of nitrogens with zero attached hydrogens (tertiary/aromatic N) is 2. The lowest BCUT2D eigenvalue weighted by Crippen LogP contribution is -2.54. The first-order valence-corrected chi connectivity index (χ1v) is 12.7. The van der Waals surface area contributed by atoms with Crippen LogP contribution in [0.5, 0.6) is 17.2 Å². The standard InChI is InChI=1S/C30H35N3O4/c1-32(2)30(35)22-36-26-15-12-23(13-16-26)20-25-21-31-18-19-33(25)29(34)17-14-24-8-6-7-11-28(24)37-27-9-4-3-5-10-27/h3-13,15-16,25,31H,14,17-22H2,1-2H3. The van der Waals surface area contributed by atoms with Gasteiger partial charge in [-0.1, -0.05) is 48.5 Å². The summed E-state index contributed by atoms with van der Waals surface area (Å²) in [6.07, 6.45) is 1.80. The molecule has 4 rings (SSSR count). The summed E-state index contributed by atoms with van der Waals surface area (Å²) < 4.78 is 11.6. The van der Waals surface area contributed by atoms with Gasteiger partial charge in [0.2, 0.25) is 5.91 Å². The van der Waals surface area contributed by atoms with E-state index in [0.717, 1.165) is 42.1 Å². The fraction of sp³-hybridized carbons (Fsp3) is 0.333. The highest BCUT2D eigenvalue weighted by Crippen LogP contribution is 2.26. The number of carbonyl (C=O) groups excluding carboxylic acids is 2. The molecule has 3 aromatic carbocycles. The minimum atomic E-state index is -0.0826. The van der Waals surface area contributed by atoms with Crippen LogP contribution in [0.4, 0.5) is 0 Å². The van der Waals surface area contributed by atoms with Crippen LogP contribution in [0.1, 0.15) is 17.5 Å². The van der Waals surface area contributed by atoms with Crippen LogP contribution in [0, 0.1) is 0 Å². The fourth-order valence-corrected chi connectivity index (χ4v) is 4.35. The van der Waals surface area contributed by atoms with Crippen molar-refractivity contribution in [3.05, 3.63) is 90.0 Å². The van der Waals surface area contributed by atoms with E-state index < -0.39 is 0 Å². The van der Waals surface area contributed by atoms with Crippen LogP contribution in [-0.4, -0.2) is 68.0 Å². The molecule has 1 aliphatic rings. The third-order valence-corrected chi connectivity index (χ3v) is 6.48. The summed E-state index contributed by atoms with van der Waals surface area (Å²) in [5.74, 6) is 2.30.